The number of hydrogen-bond donors (Lipinski definition) is 1. The van der Waals surface area contributed by atoms with Gasteiger partial charge in [-0.25, -0.2) is 14.5 Å². The van der Waals surface area contributed by atoms with Crippen molar-refractivity contribution in [2.24, 2.45) is 5.41 Å². The molecule has 6 rings (SSSR count). The molecule has 11 nitrogen and oxygen atoms in total. The molecule has 1 unspecified atom stereocenters. The number of carbonyl (C=O) groups excluding carboxylic acids is 6. The Morgan fingerprint density at radius 2 is 1.59 bits per heavy atom. The zero-order valence-corrected chi connectivity index (χ0v) is 23.2. The molecule has 3 fully saturated rings. The van der Waals surface area contributed by atoms with Crippen LogP contribution in [-0.4, -0.2) is 72.2 Å². The molecule has 2 aromatic rings. The number of imide groups is 4. The molecule has 4 heterocycles. The van der Waals surface area contributed by atoms with E-state index in [9.17, 15) is 28.8 Å². The van der Waals surface area contributed by atoms with Crippen molar-refractivity contribution in [2.45, 2.75) is 39.2 Å². The number of barbiturate groups is 2. The smallest absolute Gasteiger partial charge is 0.335 e. The number of fused-ring (bicyclic) bond motifs is 4. The molecule has 1 N–H and O–H groups in total. The summed E-state index contributed by atoms with van der Waals surface area (Å²) >= 11 is 0. The van der Waals surface area contributed by atoms with Crippen LogP contribution in [0, 0.1) is 19.3 Å². The maximum atomic E-state index is 13.6. The fraction of sp³-hybridized carbons (Fsp3) is 0.333. The standard InChI is InChI=1S/C30H29N5O6/c1-16-7-9-21(17(2)12-16)35-25(37)20(24(36)31-28(35)40)14-18-8-10-22-19(13-18)15-30(23-6-5-11-34(22)23)26(38)32(3)29(41)33(4)27(30)39/h7-10,12-14,23H,5-6,11,15H2,1-4H3,(H,31,36,40). The maximum absolute atomic E-state index is 13.6. The number of urea groups is 2. The monoisotopic (exact) mass is 555 g/mol. The molecule has 0 aliphatic carbocycles. The Morgan fingerprint density at radius 3 is 2.27 bits per heavy atom. The van der Waals surface area contributed by atoms with Crippen LogP contribution in [0.15, 0.2) is 42.0 Å². The summed E-state index contributed by atoms with van der Waals surface area (Å²) in [5.41, 5.74) is 2.43. The Kier molecular flexibility index (Phi) is 5.88. The molecule has 1 spiro atoms. The Hall–Kier alpha value is -4.80. The van der Waals surface area contributed by atoms with E-state index >= 15 is 0 Å². The number of amides is 8. The summed E-state index contributed by atoms with van der Waals surface area (Å²) in [4.78, 5) is 83.9. The first kappa shape index (κ1) is 26.4. The average molecular weight is 556 g/mol. The van der Waals surface area contributed by atoms with Crippen LogP contribution in [0.2, 0.25) is 0 Å². The second kappa shape index (κ2) is 9.12. The average Bonchev–Trinajstić information content (AvgIpc) is 3.44. The molecule has 4 aliphatic rings. The number of anilines is 2. The molecule has 0 bridgehead atoms. The highest BCUT2D eigenvalue weighted by molar-refractivity contribution is 6.39. The molecule has 0 aromatic heterocycles. The minimum absolute atomic E-state index is 0.0768. The maximum Gasteiger partial charge on any atom is 0.335 e. The summed E-state index contributed by atoms with van der Waals surface area (Å²) < 4.78 is 0. The molecular formula is C30H29N5O6. The number of nitrogens with zero attached hydrogens (tertiary/aromatic N) is 4. The van der Waals surface area contributed by atoms with Gasteiger partial charge in [-0.15, -0.1) is 0 Å². The Bertz CT molecular complexity index is 1600. The van der Waals surface area contributed by atoms with Gasteiger partial charge < -0.3 is 4.90 Å². The zero-order chi connectivity index (χ0) is 29.4. The fourth-order valence-electron chi connectivity index (χ4n) is 6.73. The SMILES string of the molecule is Cc1ccc(N2C(=O)NC(=O)C(=Cc3ccc4c(c3)CC3(C(=O)N(C)C(=O)N(C)C3=O)C3CCCN43)C2=O)c(C)c1. The number of rotatable bonds is 2. The summed E-state index contributed by atoms with van der Waals surface area (Å²) in [6.07, 6.45) is 2.91. The molecule has 4 aliphatic heterocycles. The van der Waals surface area contributed by atoms with E-state index in [1.807, 2.05) is 19.1 Å². The van der Waals surface area contributed by atoms with E-state index in [1.165, 1.54) is 20.2 Å². The van der Waals surface area contributed by atoms with E-state index in [0.717, 1.165) is 32.4 Å². The quantitative estimate of drug-likeness (QED) is 0.343. The van der Waals surface area contributed by atoms with Gasteiger partial charge in [0.1, 0.15) is 5.57 Å². The van der Waals surface area contributed by atoms with Crippen molar-refractivity contribution in [1.29, 1.82) is 0 Å². The van der Waals surface area contributed by atoms with Crippen LogP contribution in [0.1, 0.15) is 35.1 Å². The van der Waals surface area contributed by atoms with E-state index in [-0.39, 0.29) is 18.0 Å². The lowest BCUT2D eigenvalue weighted by Crippen LogP contribution is -2.70. The van der Waals surface area contributed by atoms with Crippen LogP contribution in [0.4, 0.5) is 21.0 Å². The first-order chi connectivity index (χ1) is 19.5. The van der Waals surface area contributed by atoms with Gasteiger partial charge >= 0.3 is 12.1 Å². The van der Waals surface area contributed by atoms with Crippen LogP contribution in [0.3, 0.4) is 0 Å². The van der Waals surface area contributed by atoms with Gasteiger partial charge in [-0.2, -0.15) is 0 Å². The van der Waals surface area contributed by atoms with Crippen LogP contribution >= 0.6 is 0 Å². The normalized spacial score (nSPS) is 23.0. The first-order valence-corrected chi connectivity index (χ1v) is 13.4. The minimum atomic E-state index is -1.46. The number of benzene rings is 2. The second-order valence-electron chi connectivity index (χ2n) is 11.1. The summed E-state index contributed by atoms with van der Waals surface area (Å²) in [6, 6.07) is 8.80. The van der Waals surface area contributed by atoms with Gasteiger partial charge in [0.05, 0.1) is 11.7 Å². The third-order valence-electron chi connectivity index (χ3n) is 8.66. The van der Waals surface area contributed by atoms with E-state index in [0.29, 0.717) is 35.3 Å². The van der Waals surface area contributed by atoms with E-state index in [1.54, 1.807) is 31.2 Å². The van der Waals surface area contributed by atoms with Crippen LogP contribution in [0.25, 0.3) is 6.08 Å². The van der Waals surface area contributed by atoms with Crippen molar-refractivity contribution in [2.75, 3.05) is 30.4 Å². The van der Waals surface area contributed by atoms with Crippen molar-refractivity contribution >= 4 is 53.1 Å². The second-order valence-corrected chi connectivity index (χ2v) is 11.1. The molecular weight excluding hydrogens is 526 g/mol. The lowest BCUT2D eigenvalue weighted by Gasteiger charge is -2.50. The van der Waals surface area contributed by atoms with Gasteiger partial charge in [0.25, 0.3) is 11.8 Å². The lowest BCUT2D eigenvalue weighted by molar-refractivity contribution is -0.159. The molecule has 11 heteroatoms. The van der Waals surface area contributed by atoms with Gasteiger partial charge in [-0.3, -0.25) is 34.3 Å². The molecule has 2 aromatic carbocycles. The molecule has 1 atom stereocenters. The van der Waals surface area contributed by atoms with Crippen LogP contribution in [-0.2, 0) is 25.6 Å². The Balaban J connectivity index is 1.41. The van der Waals surface area contributed by atoms with Gasteiger partial charge in [0.15, 0.2) is 5.41 Å². The largest absolute Gasteiger partial charge is 0.367 e. The highest BCUT2D eigenvalue weighted by Gasteiger charge is 2.63. The van der Waals surface area contributed by atoms with Crippen molar-refractivity contribution < 1.29 is 28.8 Å². The first-order valence-electron chi connectivity index (χ1n) is 13.4. The van der Waals surface area contributed by atoms with Crippen LogP contribution in [0.5, 0.6) is 0 Å². The third kappa shape index (κ3) is 3.71. The highest BCUT2D eigenvalue weighted by Crippen LogP contribution is 2.49. The van der Waals surface area contributed by atoms with Crippen molar-refractivity contribution in [1.82, 2.24) is 15.1 Å². The Labute approximate surface area is 236 Å². The third-order valence-corrected chi connectivity index (χ3v) is 8.66. The number of nitrogens with one attached hydrogen (secondary N) is 1. The van der Waals surface area contributed by atoms with Crippen molar-refractivity contribution in [3.05, 3.63) is 64.2 Å². The predicted octanol–water partition coefficient (Wildman–Crippen LogP) is 2.53. The van der Waals surface area contributed by atoms with Gasteiger partial charge in [0, 0.05) is 26.3 Å². The number of hydrogen-bond acceptors (Lipinski definition) is 7. The highest BCUT2D eigenvalue weighted by atomic mass is 16.2. The van der Waals surface area contributed by atoms with Crippen LogP contribution < -0.4 is 15.1 Å². The van der Waals surface area contributed by atoms with E-state index < -0.39 is 41.1 Å². The Morgan fingerprint density at radius 1 is 0.902 bits per heavy atom. The fourth-order valence-corrected chi connectivity index (χ4v) is 6.73. The summed E-state index contributed by atoms with van der Waals surface area (Å²) in [6.45, 7) is 4.33. The van der Waals surface area contributed by atoms with Gasteiger partial charge in [0.2, 0.25) is 11.8 Å². The lowest BCUT2D eigenvalue weighted by atomic mass is 9.68. The summed E-state index contributed by atoms with van der Waals surface area (Å²) in [5.74, 6) is -2.61. The van der Waals surface area contributed by atoms with Crippen molar-refractivity contribution in [3.63, 3.8) is 0 Å². The minimum Gasteiger partial charge on any atom is -0.367 e. The van der Waals surface area contributed by atoms with Crippen molar-refractivity contribution in [3.8, 4) is 0 Å². The molecule has 8 amide bonds. The molecule has 0 radical (unpaired) electrons. The molecule has 0 saturated carbocycles. The molecule has 210 valence electrons. The number of aryl methyl sites for hydroxylation is 2. The van der Waals surface area contributed by atoms with Gasteiger partial charge in [-0.1, -0.05) is 23.8 Å². The summed E-state index contributed by atoms with van der Waals surface area (Å²) in [7, 11) is 2.78. The molecule has 3 saturated heterocycles. The summed E-state index contributed by atoms with van der Waals surface area (Å²) in [5, 5.41) is 2.25. The van der Waals surface area contributed by atoms with E-state index in [4.69, 9.17) is 0 Å². The van der Waals surface area contributed by atoms with Gasteiger partial charge in [-0.05, 0) is 74.1 Å². The topological polar surface area (TPSA) is 127 Å². The predicted molar refractivity (Wildman–Crippen MR) is 149 cm³/mol. The zero-order valence-electron chi connectivity index (χ0n) is 23.2. The van der Waals surface area contributed by atoms with E-state index in [2.05, 4.69) is 10.2 Å². The molecule has 41 heavy (non-hydrogen) atoms. The number of carbonyl (C=O) groups is 6.